The standard InChI is InChI=1S/C17H22N4O2S/c1-2-17-18-12-14-8-10-21(13-16(14)20-17)11-9-19-24(22,23)15-6-4-3-5-7-15/h3-7,12,19H,2,8-11,13H2,1H3. The molecule has 1 aromatic carbocycles. The second-order valence-electron chi connectivity index (χ2n) is 5.85. The van der Waals surface area contributed by atoms with E-state index in [0.717, 1.165) is 37.4 Å². The Bertz CT molecular complexity index is 793. The van der Waals surface area contributed by atoms with Gasteiger partial charge in [0.25, 0.3) is 0 Å². The number of aromatic nitrogens is 2. The van der Waals surface area contributed by atoms with Crippen molar-refractivity contribution in [3.05, 3.63) is 53.6 Å². The van der Waals surface area contributed by atoms with E-state index in [2.05, 4.69) is 19.6 Å². The van der Waals surface area contributed by atoms with E-state index in [1.165, 1.54) is 5.56 Å². The lowest BCUT2D eigenvalue weighted by molar-refractivity contribution is 0.253. The van der Waals surface area contributed by atoms with Gasteiger partial charge in [0.1, 0.15) is 5.82 Å². The Kier molecular flexibility index (Phi) is 5.23. The van der Waals surface area contributed by atoms with Crippen LogP contribution >= 0.6 is 0 Å². The number of hydrogen-bond donors (Lipinski definition) is 1. The van der Waals surface area contributed by atoms with Gasteiger partial charge in [-0.25, -0.2) is 23.1 Å². The second-order valence-corrected chi connectivity index (χ2v) is 7.62. The zero-order valence-corrected chi connectivity index (χ0v) is 14.6. The van der Waals surface area contributed by atoms with Gasteiger partial charge in [-0.1, -0.05) is 25.1 Å². The van der Waals surface area contributed by atoms with Crippen molar-refractivity contribution in [2.24, 2.45) is 0 Å². The van der Waals surface area contributed by atoms with Crippen molar-refractivity contribution in [2.75, 3.05) is 19.6 Å². The molecular formula is C17H22N4O2S. The average Bonchev–Trinajstić information content (AvgIpc) is 2.61. The fraction of sp³-hybridized carbons (Fsp3) is 0.412. The summed E-state index contributed by atoms with van der Waals surface area (Å²) < 4.78 is 27.1. The zero-order valence-electron chi connectivity index (χ0n) is 13.8. The van der Waals surface area contributed by atoms with E-state index < -0.39 is 10.0 Å². The molecule has 1 aliphatic rings. The number of nitrogens with zero attached hydrogens (tertiary/aromatic N) is 3. The van der Waals surface area contributed by atoms with E-state index in [1.807, 2.05) is 13.1 Å². The van der Waals surface area contributed by atoms with Gasteiger partial charge in [0, 0.05) is 38.8 Å². The highest BCUT2D eigenvalue weighted by Crippen LogP contribution is 2.16. The summed E-state index contributed by atoms with van der Waals surface area (Å²) in [6.45, 7) is 4.74. The maximum absolute atomic E-state index is 12.2. The third-order valence-electron chi connectivity index (χ3n) is 4.16. The summed E-state index contributed by atoms with van der Waals surface area (Å²) in [5, 5.41) is 0. The molecule has 6 nitrogen and oxygen atoms in total. The van der Waals surface area contributed by atoms with Crippen LogP contribution in [-0.4, -0.2) is 42.9 Å². The summed E-state index contributed by atoms with van der Waals surface area (Å²) in [4.78, 5) is 11.5. The Morgan fingerprint density at radius 3 is 2.79 bits per heavy atom. The Morgan fingerprint density at radius 1 is 1.25 bits per heavy atom. The van der Waals surface area contributed by atoms with E-state index >= 15 is 0 Å². The van der Waals surface area contributed by atoms with Crippen molar-refractivity contribution < 1.29 is 8.42 Å². The highest BCUT2D eigenvalue weighted by molar-refractivity contribution is 7.89. The largest absolute Gasteiger partial charge is 0.296 e. The van der Waals surface area contributed by atoms with Crippen molar-refractivity contribution in [1.82, 2.24) is 19.6 Å². The molecule has 1 aromatic heterocycles. The minimum absolute atomic E-state index is 0.300. The summed E-state index contributed by atoms with van der Waals surface area (Å²) in [5.41, 5.74) is 2.27. The zero-order chi connectivity index (χ0) is 17.0. The molecule has 1 N–H and O–H groups in total. The molecule has 1 aliphatic heterocycles. The Hall–Kier alpha value is -1.83. The van der Waals surface area contributed by atoms with Gasteiger partial charge in [-0.15, -0.1) is 0 Å². The van der Waals surface area contributed by atoms with Crippen LogP contribution in [-0.2, 0) is 29.4 Å². The van der Waals surface area contributed by atoms with Crippen LogP contribution in [0.3, 0.4) is 0 Å². The molecule has 0 aliphatic carbocycles. The molecule has 128 valence electrons. The molecule has 0 amide bonds. The van der Waals surface area contributed by atoms with E-state index in [1.54, 1.807) is 30.3 Å². The fourth-order valence-electron chi connectivity index (χ4n) is 2.78. The third-order valence-corrected chi connectivity index (χ3v) is 5.64. The van der Waals surface area contributed by atoms with Crippen LogP contribution in [0.1, 0.15) is 24.0 Å². The summed E-state index contributed by atoms with van der Waals surface area (Å²) in [6, 6.07) is 8.45. The normalized spacial score (nSPS) is 15.2. The van der Waals surface area contributed by atoms with Gasteiger partial charge in [0.05, 0.1) is 10.6 Å². The minimum Gasteiger partial charge on any atom is -0.296 e. The van der Waals surface area contributed by atoms with Crippen LogP contribution in [0.2, 0.25) is 0 Å². The molecule has 24 heavy (non-hydrogen) atoms. The van der Waals surface area contributed by atoms with Crippen molar-refractivity contribution in [3.63, 3.8) is 0 Å². The lowest BCUT2D eigenvalue weighted by Gasteiger charge is -2.27. The first-order chi connectivity index (χ1) is 11.6. The number of benzene rings is 1. The van der Waals surface area contributed by atoms with Gasteiger partial charge >= 0.3 is 0 Å². The molecule has 3 rings (SSSR count). The molecule has 0 radical (unpaired) electrons. The highest BCUT2D eigenvalue weighted by Gasteiger charge is 2.19. The summed E-state index contributed by atoms with van der Waals surface area (Å²) >= 11 is 0. The highest BCUT2D eigenvalue weighted by atomic mass is 32.2. The Balaban J connectivity index is 1.56. The molecule has 0 fully saturated rings. The maximum atomic E-state index is 12.2. The second kappa shape index (κ2) is 7.38. The topological polar surface area (TPSA) is 75.2 Å². The molecule has 0 spiro atoms. The lowest BCUT2D eigenvalue weighted by atomic mass is 10.1. The van der Waals surface area contributed by atoms with E-state index in [0.29, 0.717) is 18.0 Å². The smallest absolute Gasteiger partial charge is 0.240 e. The quantitative estimate of drug-likeness (QED) is 0.855. The first-order valence-corrected chi connectivity index (χ1v) is 9.67. The summed E-state index contributed by atoms with van der Waals surface area (Å²) in [6.07, 6.45) is 3.66. The molecular weight excluding hydrogens is 324 g/mol. The first-order valence-electron chi connectivity index (χ1n) is 8.19. The first kappa shape index (κ1) is 17.0. The molecule has 0 atom stereocenters. The number of rotatable bonds is 6. The summed E-state index contributed by atoms with van der Waals surface area (Å²) in [5.74, 6) is 0.861. The number of aryl methyl sites for hydroxylation is 1. The van der Waals surface area contributed by atoms with Crippen molar-refractivity contribution in [1.29, 1.82) is 0 Å². The number of hydrogen-bond acceptors (Lipinski definition) is 5. The van der Waals surface area contributed by atoms with Crippen LogP contribution in [0.25, 0.3) is 0 Å². The van der Waals surface area contributed by atoms with Crippen molar-refractivity contribution in [2.45, 2.75) is 31.2 Å². The molecule has 0 unspecified atom stereocenters. The van der Waals surface area contributed by atoms with Crippen LogP contribution < -0.4 is 4.72 Å². The van der Waals surface area contributed by atoms with Crippen molar-refractivity contribution >= 4 is 10.0 Å². The van der Waals surface area contributed by atoms with Gasteiger partial charge in [-0.2, -0.15) is 0 Å². The molecule has 0 saturated heterocycles. The van der Waals surface area contributed by atoms with Crippen LogP contribution in [0, 0.1) is 0 Å². The van der Waals surface area contributed by atoms with Gasteiger partial charge < -0.3 is 0 Å². The predicted octanol–water partition coefficient (Wildman–Crippen LogP) is 1.38. The Morgan fingerprint density at radius 2 is 2.04 bits per heavy atom. The summed E-state index contributed by atoms with van der Waals surface area (Å²) in [7, 11) is -3.43. The average molecular weight is 346 g/mol. The number of fused-ring (bicyclic) bond motifs is 1. The molecule has 7 heteroatoms. The third kappa shape index (κ3) is 3.98. The molecule has 2 heterocycles. The minimum atomic E-state index is -3.43. The molecule has 0 saturated carbocycles. The van der Waals surface area contributed by atoms with Crippen molar-refractivity contribution in [3.8, 4) is 0 Å². The van der Waals surface area contributed by atoms with Crippen LogP contribution in [0.15, 0.2) is 41.4 Å². The van der Waals surface area contributed by atoms with Gasteiger partial charge in [0.15, 0.2) is 0 Å². The van der Waals surface area contributed by atoms with Crippen LogP contribution in [0.4, 0.5) is 0 Å². The van der Waals surface area contributed by atoms with E-state index in [9.17, 15) is 8.42 Å². The van der Waals surface area contributed by atoms with E-state index in [-0.39, 0.29) is 0 Å². The van der Waals surface area contributed by atoms with Gasteiger partial charge in [-0.05, 0) is 24.1 Å². The fourth-order valence-corrected chi connectivity index (χ4v) is 3.82. The number of nitrogens with one attached hydrogen (secondary N) is 1. The lowest BCUT2D eigenvalue weighted by Crippen LogP contribution is -2.38. The monoisotopic (exact) mass is 346 g/mol. The van der Waals surface area contributed by atoms with E-state index in [4.69, 9.17) is 0 Å². The Labute approximate surface area is 143 Å². The number of sulfonamides is 1. The van der Waals surface area contributed by atoms with Crippen LogP contribution in [0.5, 0.6) is 0 Å². The predicted molar refractivity (Wildman–Crippen MR) is 92.0 cm³/mol. The maximum Gasteiger partial charge on any atom is 0.240 e. The SMILES string of the molecule is CCc1ncc2c(n1)CN(CCNS(=O)(=O)c1ccccc1)CC2. The molecule has 2 aromatic rings. The van der Waals surface area contributed by atoms with Gasteiger partial charge in [-0.3, -0.25) is 4.90 Å². The molecule has 0 bridgehead atoms. The van der Waals surface area contributed by atoms with Gasteiger partial charge in [0.2, 0.25) is 10.0 Å².